The molecule has 0 spiro atoms. The van der Waals surface area contributed by atoms with Crippen LogP contribution in [0.5, 0.6) is 0 Å². The van der Waals surface area contributed by atoms with E-state index in [-0.39, 0.29) is 11.3 Å². The molecule has 3 nitrogen and oxygen atoms in total. The average Bonchev–Trinajstić information content (AvgIpc) is 2.83. The summed E-state index contributed by atoms with van der Waals surface area (Å²) in [5, 5.41) is 0. The fraction of sp³-hybridized carbons (Fsp3) is 0.643. The predicted octanol–water partition coefficient (Wildman–Crippen LogP) is 3.30. The van der Waals surface area contributed by atoms with Gasteiger partial charge in [0.15, 0.2) is 0 Å². The summed E-state index contributed by atoms with van der Waals surface area (Å²) in [6.45, 7) is 8.52. The van der Waals surface area contributed by atoms with Crippen LogP contribution in [0.3, 0.4) is 0 Å². The van der Waals surface area contributed by atoms with E-state index in [0.29, 0.717) is 5.92 Å². The van der Waals surface area contributed by atoms with E-state index in [1.165, 1.54) is 0 Å². The third kappa shape index (κ3) is 2.63. The number of hydrogen-bond acceptors (Lipinski definition) is 1. The Kier molecular flexibility index (Phi) is 3.58. The molecule has 1 amide bonds. The maximum Gasteiger partial charge on any atom is 0.270 e. The largest absolute Gasteiger partial charge is 0.345 e. The van der Waals surface area contributed by atoms with Crippen molar-refractivity contribution in [3.8, 4) is 0 Å². The number of amides is 1. The molecule has 1 atom stereocenters. The van der Waals surface area contributed by atoms with Gasteiger partial charge < -0.3 is 9.47 Å². The lowest BCUT2D eigenvalue weighted by Gasteiger charge is -2.27. The van der Waals surface area contributed by atoms with Gasteiger partial charge in [-0.2, -0.15) is 0 Å². The molecule has 0 saturated carbocycles. The molecule has 18 heavy (non-hydrogen) atoms. The van der Waals surface area contributed by atoms with Crippen LogP contribution in [0.4, 0.5) is 0 Å². The Hall–Kier alpha value is -0.770. The molecule has 0 N–H and O–H groups in total. The highest BCUT2D eigenvalue weighted by molar-refractivity contribution is 9.10. The topological polar surface area (TPSA) is 25.2 Å². The van der Waals surface area contributed by atoms with Crippen LogP contribution in [-0.4, -0.2) is 28.5 Å². The molecule has 2 rings (SSSR count). The summed E-state index contributed by atoms with van der Waals surface area (Å²) < 4.78 is 2.84. The number of hydrogen-bond donors (Lipinski definition) is 0. The minimum absolute atomic E-state index is 0.148. The monoisotopic (exact) mass is 312 g/mol. The molecule has 1 unspecified atom stereocenters. The van der Waals surface area contributed by atoms with E-state index in [1.54, 1.807) is 0 Å². The number of halogens is 1. The summed E-state index contributed by atoms with van der Waals surface area (Å²) >= 11 is 3.41. The molecule has 0 aliphatic carbocycles. The third-order valence-corrected chi connectivity index (χ3v) is 4.32. The number of nitrogens with zero attached hydrogens (tertiary/aromatic N) is 2. The fourth-order valence-corrected chi connectivity index (χ4v) is 3.07. The Bertz CT molecular complexity index is 459. The minimum atomic E-state index is 0.148. The second kappa shape index (κ2) is 4.72. The molecule has 1 saturated heterocycles. The summed E-state index contributed by atoms with van der Waals surface area (Å²) in [6.07, 6.45) is 3.03. The number of carbonyl (C=O) groups excluding carboxylic acids is 1. The lowest BCUT2D eigenvalue weighted by molar-refractivity contribution is 0.0767. The maximum atomic E-state index is 12.4. The first kappa shape index (κ1) is 13.7. The van der Waals surface area contributed by atoms with Gasteiger partial charge in [-0.25, -0.2) is 0 Å². The highest BCUT2D eigenvalue weighted by Gasteiger charge is 2.34. The lowest BCUT2D eigenvalue weighted by atomic mass is 9.80. The first-order valence-electron chi connectivity index (χ1n) is 6.40. The van der Waals surface area contributed by atoms with Gasteiger partial charge in [0, 0.05) is 30.8 Å². The molecule has 0 bridgehead atoms. The molecule has 1 aromatic heterocycles. The van der Waals surface area contributed by atoms with Gasteiger partial charge in [0.25, 0.3) is 5.91 Å². The van der Waals surface area contributed by atoms with Crippen LogP contribution >= 0.6 is 15.9 Å². The van der Waals surface area contributed by atoms with Crippen LogP contribution in [0.15, 0.2) is 16.7 Å². The normalized spacial score (nSPS) is 20.5. The fourth-order valence-electron chi connectivity index (χ4n) is 2.55. The van der Waals surface area contributed by atoms with Crippen molar-refractivity contribution < 1.29 is 4.79 Å². The Morgan fingerprint density at radius 1 is 1.44 bits per heavy atom. The van der Waals surface area contributed by atoms with Crippen LogP contribution in [-0.2, 0) is 7.05 Å². The first-order valence-corrected chi connectivity index (χ1v) is 7.19. The van der Waals surface area contributed by atoms with Crippen molar-refractivity contribution in [3.63, 3.8) is 0 Å². The standard InChI is InChI=1S/C14H21BrN2O/c1-14(2,3)10-5-6-17(8-10)13(18)12-7-11(15)9-16(12)4/h7,9-10H,5-6,8H2,1-4H3. The zero-order valence-corrected chi connectivity index (χ0v) is 13.1. The second-order valence-electron chi connectivity index (χ2n) is 6.26. The van der Waals surface area contributed by atoms with Gasteiger partial charge in [-0.15, -0.1) is 0 Å². The first-order chi connectivity index (χ1) is 8.29. The molecule has 4 heteroatoms. The number of rotatable bonds is 1. The molecular weight excluding hydrogens is 292 g/mol. The summed E-state index contributed by atoms with van der Waals surface area (Å²) in [7, 11) is 1.91. The van der Waals surface area contributed by atoms with Crippen molar-refractivity contribution in [2.75, 3.05) is 13.1 Å². The third-order valence-electron chi connectivity index (χ3n) is 3.89. The van der Waals surface area contributed by atoms with Gasteiger partial charge in [-0.3, -0.25) is 4.79 Å². The SMILES string of the molecule is Cn1cc(Br)cc1C(=O)N1CCC(C(C)(C)C)C1. The molecule has 0 radical (unpaired) electrons. The van der Waals surface area contributed by atoms with Crippen LogP contribution in [0.1, 0.15) is 37.7 Å². The maximum absolute atomic E-state index is 12.4. The number of aryl methyl sites for hydroxylation is 1. The van der Waals surface area contributed by atoms with Crippen LogP contribution in [0.2, 0.25) is 0 Å². The van der Waals surface area contributed by atoms with Crippen LogP contribution in [0.25, 0.3) is 0 Å². The predicted molar refractivity (Wildman–Crippen MR) is 76.6 cm³/mol. The molecule has 2 heterocycles. The van der Waals surface area contributed by atoms with Crippen molar-refractivity contribution in [1.82, 2.24) is 9.47 Å². The van der Waals surface area contributed by atoms with Crippen molar-refractivity contribution in [2.45, 2.75) is 27.2 Å². The Labute approximate surface area is 117 Å². The highest BCUT2D eigenvalue weighted by atomic mass is 79.9. The summed E-state index contributed by atoms with van der Waals surface area (Å²) in [5.41, 5.74) is 1.04. The van der Waals surface area contributed by atoms with Crippen molar-refractivity contribution >= 4 is 21.8 Å². The van der Waals surface area contributed by atoms with Crippen molar-refractivity contribution in [3.05, 3.63) is 22.4 Å². The Morgan fingerprint density at radius 2 is 2.11 bits per heavy atom. The summed E-state index contributed by atoms with van der Waals surface area (Å²) in [6, 6.07) is 1.90. The second-order valence-corrected chi connectivity index (χ2v) is 7.17. The van der Waals surface area contributed by atoms with Gasteiger partial charge in [-0.05, 0) is 39.8 Å². The van der Waals surface area contributed by atoms with E-state index in [1.807, 2.05) is 28.8 Å². The van der Waals surface area contributed by atoms with E-state index in [2.05, 4.69) is 36.7 Å². The molecule has 0 aromatic carbocycles. The van der Waals surface area contributed by atoms with E-state index in [4.69, 9.17) is 0 Å². The number of aromatic nitrogens is 1. The lowest BCUT2D eigenvalue weighted by Crippen LogP contribution is -2.32. The molecule has 1 aliphatic heterocycles. The van der Waals surface area contributed by atoms with Crippen molar-refractivity contribution in [1.29, 1.82) is 0 Å². The van der Waals surface area contributed by atoms with Gasteiger partial charge in [0.05, 0.1) is 0 Å². The van der Waals surface area contributed by atoms with Gasteiger partial charge in [-0.1, -0.05) is 20.8 Å². The van der Waals surface area contributed by atoms with Crippen molar-refractivity contribution in [2.24, 2.45) is 18.4 Å². The Balaban J connectivity index is 2.11. The number of likely N-dealkylation sites (tertiary alicyclic amines) is 1. The van der Waals surface area contributed by atoms with Crippen LogP contribution in [0, 0.1) is 11.3 Å². The van der Waals surface area contributed by atoms with E-state index < -0.39 is 0 Å². The quantitative estimate of drug-likeness (QED) is 0.781. The highest BCUT2D eigenvalue weighted by Crippen LogP contribution is 2.34. The van der Waals surface area contributed by atoms with E-state index in [9.17, 15) is 4.79 Å². The zero-order valence-electron chi connectivity index (χ0n) is 11.5. The zero-order chi connectivity index (χ0) is 13.5. The molecule has 100 valence electrons. The summed E-state index contributed by atoms with van der Waals surface area (Å²) in [4.78, 5) is 14.4. The molecular formula is C14H21BrN2O. The van der Waals surface area contributed by atoms with Gasteiger partial charge in [0.1, 0.15) is 5.69 Å². The minimum Gasteiger partial charge on any atom is -0.345 e. The molecule has 1 fully saturated rings. The Morgan fingerprint density at radius 3 is 2.56 bits per heavy atom. The molecule has 1 aromatic rings. The van der Waals surface area contributed by atoms with Crippen LogP contribution < -0.4 is 0 Å². The summed E-state index contributed by atoms with van der Waals surface area (Å²) in [5.74, 6) is 0.750. The van der Waals surface area contributed by atoms with E-state index in [0.717, 1.165) is 29.7 Å². The van der Waals surface area contributed by atoms with Gasteiger partial charge in [0.2, 0.25) is 0 Å². The average molecular weight is 313 g/mol. The van der Waals surface area contributed by atoms with E-state index >= 15 is 0 Å². The smallest absolute Gasteiger partial charge is 0.270 e. The molecule has 1 aliphatic rings. The number of carbonyl (C=O) groups is 1. The van der Waals surface area contributed by atoms with Gasteiger partial charge >= 0.3 is 0 Å².